The van der Waals surface area contributed by atoms with Gasteiger partial charge in [-0.15, -0.1) is 0 Å². The van der Waals surface area contributed by atoms with Crippen LogP contribution in [0.15, 0.2) is 47.0 Å². The number of pyridine rings is 1. The standard InChI is InChI=1S/C19H15ClFN5O2/c1-2-22-11-8-14-18(23-9-11)26-17(25-14)12-7-10(3-4-13(12)20)24-19(27)15-5-6-16(21)28-15/h3-9,22H,2H2,1H3,(H,24,27)(H,23,25,26). The van der Waals surface area contributed by atoms with Gasteiger partial charge in [-0.3, -0.25) is 4.79 Å². The number of nitrogens with zero attached hydrogens (tertiary/aromatic N) is 2. The van der Waals surface area contributed by atoms with Gasteiger partial charge in [-0.1, -0.05) is 11.6 Å². The number of imidazole rings is 1. The summed E-state index contributed by atoms with van der Waals surface area (Å²) >= 11 is 6.32. The molecule has 3 heterocycles. The highest BCUT2D eigenvalue weighted by Crippen LogP contribution is 2.30. The largest absolute Gasteiger partial charge is 0.426 e. The molecular weight excluding hydrogens is 385 g/mol. The molecule has 0 atom stereocenters. The first-order chi connectivity index (χ1) is 13.5. The van der Waals surface area contributed by atoms with Gasteiger partial charge in [-0.2, -0.15) is 4.39 Å². The van der Waals surface area contributed by atoms with E-state index in [1.54, 1.807) is 24.4 Å². The van der Waals surface area contributed by atoms with Crippen molar-refractivity contribution in [3.05, 3.63) is 59.4 Å². The zero-order valence-electron chi connectivity index (χ0n) is 14.7. The molecular formula is C19H15ClFN5O2. The second kappa shape index (κ2) is 7.32. The summed E-state index contributed by atoms with van der Waals surface area (Å²) in [5.41, 5.74) is 3.23. The van der Waals surface area contributed by atoms with Gasteiger partial charge in [0, 0.05) is 23.9 Å². The second-order valence-corrected chi connectivity index (χ2v) is 6.37. The molecule has 0 aliphatic heterocycles. The fourth-order valence-corrected chi connectivity index (χ4v) is 2.95. The van der Waals surface area contributed by atoms with Gasteiger partial charge in [0.25, 0.3) is 11.9 Å². The van der Waals surface area contributed by atoms with Crippen molar-refractivity contribution < 1.29 is 13.6 Å². The first kappa shape index (κ1) is 18.0. The maximum atomic E-state index is 13.0. The highest BCUT2D eigenvalue weighted by molar-refractivity contribution is 6.33. The van der Waals surface area contributed by atoms with Crippen molar-refractivity contribution in [2.45, 2.75) is 6.92 Å². The number of benzene rings is 1. The molecule has 4 rings (SSSR count). The van der Waals surface area contributed by atoms with Gasteiger partial charge < -0.3 is 20.0 Å². The van der Waals surface area contributed by atoms with E-state index in [-0.39, 0.29) is 5.76 Å². The molecule has 7 nitrogen and oxygen atoms in total. The Morgan fingerprint density at radius 1 is 1.25 bits per heavy atom. The molecule has 1 aromatic carbocycles. The van der Waals surface area contributed by atoms with Gasteiger partial charge in [0.1, 0.15) is 5.82 Å². The normalized spacial score (nSPS) is 11.0. The number of H-pyrrole nitrogens is 1. The maximum Gasteiger partial charge on any atom is 0.291 e. The lowest BCUT2D eigenvalue weighted by molar-refractivity contribution is 0.0988. The summed E-state index contributed by atoms with van der Waals surface area (Å²) in [5.74, 6) is -0.182. The fraction of sp³-hybridized carbons (Fsp3) is 0.105. The maximum absolute atomic E-state index is 13.0. The third-order valence-corrected chi connectivity index (χ3v) is 4.32. The number of anilines is 2. The van der Waals surface area contributed by atoms with Crippen LogP contribution in [0.3, 0.4) is 0 Å². The van der Waals surface area contributed by atoms with Crippen LogP contribution in [-0.4, -0.2) is 27.4 Å². The first-order valence-corrected chi connectivity index (χ1v) is 8.87. The van der Waals surface area contributed by atoms with Crippen LogP contribution in [0.2, 0.25) is 5.02 Å². The smallest absolute Gasteiger partial charge is 0.291 e. The molecule has 0 aliphatic carbocycles. The Bertz CT molecular complexity index is 1170. The van der Waals surface area contributed by atoms with Crippen molar-refractivity contribution in [3.63, 3.8) is 0 Å². The summed E-state index contributed by atoms with van der Waals surface area (Å²) in [6.07, 6.45) is 1.71. The molecule has 0 saturated carbocycles. The SMILES string of the molecule is CCNc1cnc2nc(-c3cc(NC(=O)c4ccc(F)o4)ccc3Cl)[nH]c2c1. The first-order valence-electron chi connectivity index (χ1n) is 8.49. The van der Waals surface area contributed by atoms with E-state index in [0.29, 0.717) is 27.7 Å². The molecule has 28 heavy (non-hydrogen) atoms. The number of nitrogens with one attached hydrogen (secondary N) is 3. The van der Waals surface area contributed by atoms with E-state index in [0.717, 1.165) is 23.8 Å². The number of halogens is 2. The zero-order chi connectivity index (χ0) is 19.7. The van der Waals surface area contributed by atoms with Crippen LogP contribution >= 0.6 is 11.6 Å². The minimum atomic E-state index is -0.825. The molecule has 0 saturated heterocycles. The van der Waals surface area contributed by atoms with Crippen LogP contribution in [-0.2, 0) is 0 Å². The van der Waals surface area contributed by atoms with Crippen molar-refractivity contribution in [2.75, 3.05) is 17.2 Å². The number of carbonyl (C=O) groups excluding carboxylic acids is 1. The summed E-state index contributed by atoms with van der Waals surface area (Å²) in [7, 11) is 0. The average Bonchev–Trinajstić information content (AvgIpc) is 3.29. The Morgan fingerprint density at radius 3 is 2.86 bits per heavy atom. The van der Waals surface area contributed by atoms with Crippen molar-refractivity contribution in [1.82, 2.24) is 15.0 Å². The van der Waals surface area contributed by atoms with E-state index in [4.69, 9.17) is 11.6 Å². The molecule has 0 radical (unpaired) electrons. The molecule has 1 amide bonds. The van der Waals surface area contributed by atoms with Crippen LogP contribution in [0.4, 0.5) is 15.8 Å². The van der Waals surface area contributed by atoms with Crippen LogP contribution in [0, 0.1) is 6.01 Å². The minimum absolute atomic E-state index is 0.127. The Kier molecular flexibility index (Phi) is 4.70. The van der Waals surface area contributed by atoms with Crippen LogP contribution in [0.1, 0.15) is 17.5 Å². The minimum Gasteiger partial charge on any atom is -0.426 e. The molecule has 0 fully saturated rings. The molecule has 0 unspecified atom stereocenters. The topological polar surface area (TPSA) is 95.8 Å². The summed E-state index contributed by atoms with van der Waals surface area (Å²) < 4.78 is 17.6. The van der Waals surface area contributed by atoms with E-state index >= 15 is 0 Å². The Balaban J connectivity index is 1.65. The molecule has 142 valence electrons. The monoisotopic (exact) mass is 399 g/mol. The van der Waals surface area contributed by atoms with Gasteiger partial charge in [-0.05, 0) is 37.3 Å². The number of aromatic nitrogens is 3. The number of fused-ring (bicyclic) bond motifs is 1. The van der Waals surface area contributed by atoms with Crippen LogP contribution < -0.4 is 10.6 Å². The zero-order valence-corrected chi connectivity index (χ0v) is 15.5. The van der Waals surface area contributed by atoms with Gasteiger partial charge in [0.15, 0.2) is 11.4 Å². The predicted molar refractivity (Wildman–Crippen MR) is 105 cm³/mol. The van der Waals surface area contributed by atoms with Crippen LogP contribution in [0.5, 0.6) is 0 Å². The molecule has 0 aliphatic rings. The number of hydrogen-bond acceptors (Lipinski definition) is 5. The van der Waals surface area contributed by atoms with Crippen molar-refractivity contribution in [2.24, 2.45) is 0 Å². The predicted octanol–water partition coefficient (Wildman–Crippen LogP) is 4.69. The van der Waals surface area contributed by atoms with E-state index in [2.05, 4.69) is 30.0 Å². The quantitative estimate of drug-likeness (QED) is 0.452. The molecule has 4 aromatic rings. The summed E-state index contributed by atoms with van der Waals surface area (Å²) in [5, 5.41) is 6.28. The molecule has 0 bridgehead atoms. The number of furan rings is 1. The average molecular weight is 400 g/mol. The third-order valence-electron chi connectivity index (χ3n) is 3.99. The highest BCUT2D eigenvalue weighted by Gasteiger charge is 2.15. The molecule has 9 heteroatoms. The number of hydrogen-bond donors (Lipinski definition) is 3. The second-order valence-electron chi connectivity index (χ2n) is 5.96. The molecule has 0 spiro atoms. The van der Waals surface area contributed by atoms with E-state index in [9.17, 15) is 9.18 Å². The van der Waals surface area contributed by atoms with Gasteiger partial charge >= 0.3 is 0 Å². The summed E-state index contributed by atoms with van der Waals surface area (Å²) in [6.45, 7) is 2.78. The van der Waals surface area contributed by atoms with Crippen LogP contribution in [0.25, 0.3) is 22.6 Å². The van der Waals surface area contributed by atoms with Crippen molar-refractivity contribution in [3.8, 4) is 11.4 Å². The number of carbonyl (C=O) groups is 1. The Morgan fingerprint density at radius 2 is 2.11 bits per heavy atom. The number of rotatable bonds is 5. The Labute approximate surface area is 163 Å². The summed E-state index contributed by atoms with van der Waals surface area (Å²) in [4.78, 5) is 24.1. The van der Waals surface area contributed by atoms with E-state index in [1.165, 1.54) is 6.07 Å². The highest BCUT2D eigenvalue weighted by atomic mass is 35.5. The van der Waals surface area contributed by atoms with Crippen molar-refractivity contribution in [1.29, 1.82) is 0 Å². The van der Waals surface area contributed by atoms with Gasteiger partial charge in [0.05, 0.1) is 22.4 Å². The molecule has 3 aromatic heterocycles. The lowest BCUT2D eigenvalue weighted by atomic mass is 10.2. The molecule has 3 N–H and O–H groups in total. The number of amides is 1. The fourth-order valence-electron chi connectivity index (χ4n) is 2.74. The van der Waals surface area contributed by atoms with E-state index < -0.39 is 11.9 Å². The van der Waals surface area contributed by atoms with Crippen molar-refractivity contribution >= 4 is 40.0 Å². The lowest BCUT2D eigenvalue weighted by Gasteiger charge is -2.07. The summed E-state index contributed by atoms with van der Waals surface area (Å²) in [6, 6.07) is 8.36. The van der Waals surface area contributed by atoms with Gasteiger partial charge in [-0.25, -0.2) is 9.97 Å². The van der Waals surface area contributed by atoms with Gasteiger partial charge in [0.2, 0.25) is 0 Å². The number of aromatic amines is 1. The Hall–Kier alpha value is -3.39. The van der Waals surface area contributed by atoms with E-state index in [1.807, 2.05) is 13.0 Å². The lowest BCUT2D eigenvalue weighted by Crippen LogP contribution is -2.10. The third kappa shape index (κ3) is 3.54.